The number of amides is 1. The van der Waals surface area contributed by atoms with E-state index < -0.39 is 0 Å². The second-order valence-electron chi connectivity index (χ2n) is 3.59. The van der Waals surface area contributed by atoms with Crippen molar-refractivity contribution in [2.75, 3.05) is 13.7 Å². The lowest BCUT2D eigenvalue weighted by molar-refractivity contribution is -0.118. The Balaban J connectivity index is 0.000000686. The number of hydrogen-bond donors (Lipinski definition) is 3. The zero-order valence-electron chi connectivity index (χ0n) is 10.2. The smallest absolute Gasteiger partial charge is 0.216 e. The van der Waals surface area contributed by atoms with Crippen molar-refractivity contribution in [1.82, 2.24) is 10.3 Å². The Bertz CT molecular complexity index is 477. The molecule has 4 heteroatoms. The SMILES string of the molecule is CC(=O)NCCc1c[nH]c2ccccc12.CO. The number of aliphatic hydroxyl groups excluding tert-OH is 1. The number of rotatable bonds is 3. The Morgan fingerprint density at radius 2 is 2.06 bits per heavy atom. The van der Waals surface area contributed by atoms with Crippen LogP contribution in [0.4, 0.5) is 0 Å². The van der Waals surface area contributed by atoms with Gasteiger partial charge in [-0.2, -0.15) is 0 Å². The van der Waals surface area contributed by atoms with E-state index in [0.29, 0.717) is 6.54 Å². The molecular weight excluding hydrogens is 216 g/mol. The molecule has 2 aromatic rings. The first kappa shape index (κ1) is 13.3. The summed E-state index contributed by atoms with van der Waals surface area (Å²) in [4.78, 5) is 13.9. The lowest BCUT2D eigenvalue weighted by Gasteiger charge is -2.00. The number of nitrogens with one attached hydrogen (secondary N) is 2. The van der Waals surface area contributed by atoms with Gasteiger partial charge in [-0.15, -0.1) is 0 Å². The lowest BCUT2D eigenvalue weighted by atomic mass is 10.1. The maximum Gasteiger partial charge on any atom is 0.216 e. The van der Waals surface area contributed by atoms with E-state index in [1.54, 1.807) is 0 Å². The maximum absolute atomic E-state index is 10.7. The van der Waals surface area contributed by atoms with Crippen LogP contribution < -0.4 is 5.32 Å². The minimum atomic E-state index is 0.0230. The number of benzene rings is 1. The quantitative estimate of drug-likeness (QED) is 0.752. The van der Waals surface area contributed by atoms with Crippen LogP contribution in [-0.4, -0.2) is 29.7 Å². The molecule has 92 valence electrons. The van der Waals surface area contributed by atoms with Gasteiger partial charge >= 0.3 is 0 Å². The van der Waals surface area contributed by atoms with Crippen LogP contribution in [0.2, 0.25) is 0 Å². The van der Waals surface area contributed by atoms with Gasteiger partial charge in [0.1, 0.15) is 0 Å². The van der Waals surface area contributed by atoms with Gasteiger partial charge in [0, 0.05) is 37.7 Å². The fourth-order valence-electron chi connectivity index (χ4n) is 1.71. The number of para-hydroxylation sites is 1. The van der Waals surface area contributed by atoms with Gasteiger partial charge in [0.15, 0.2) is 0 Å². The van der Waals surface area contributed by atoms with Crippen LogP contribution in [0, 0.1) is 0 Å². The van der Waals surface area contributed by atoms with Crippen molar-refractivity contribution in [3.05, 3.63) is 36.0 Å². The molecule has 1 aromatic heterocycles. The van der Waals surface area contributed by atoms with Crippen LogP contribution in [0.1, 0.15) is 12.5 Å². The summed E-state index contributed by atoms with van der Waals surface area (Å²) in [5, 5.41) is 11.0. The standard InChI is InChI=1S/C12H14N2O.CH4O/c1-9(15)13-7-6-10-8-14-12-5-3-2-4-11(10)12;1-2/h2-5,8,14H,6-7H2,1H3,(H,13,15);2H,1H3. The summed E-state index contributed by atoms with van der Waals surface area (Å²) in [6.45, 7) is 2.23. The van der Waals surface area contributed by atoms with Crippen molar-refractivity contribution in [3.63, 3.8) is 0 Å². The highest BCUT2D eigenvalue weighted by molar-refractivity contribution is 5.83. The number of carbonyl (C=O) groups excluding carboxylic acids is 1. The Labute approximate surface area is 101 Å². The number of aromatic amines is 1. The topological polar surface area (TPSA) is 65.1 Å². The van der Waals surface area contributed by atoms with Crippen LogP contribution in [0.25, 0.3) is 10.9 Å². The molecule has 0 saturated heterocycles. The third-order valence-corrected chi connectivity index (χ3v) is 2.44. The molecule has 1 amide bonds. The molecule has 0 spiro atoms. The predicted octanol–water partition coefficient (Wildman–Crippen LogP) is 1.46. The largest absolute Gasteiger partial charge is 0.400 e. The van der Waals surface area contributed by atoms with Crippen LogP contribution in [0.3, 0.4) is 0 Å². The van der Waals surface area contributed by atoms with E-state index in [4.69, 9.17) is 5.11 Å². The monoisotopic (exact) mass is 234 g/mol. The molecule has 1 heterocycles. The summed E-state index contributed by atoms with van der Waals surface area (Å²) in [6.07, 6.45) is 2.87. The van der Waals surface area contributed by atoms with E-state index in [1.165, 1.54) is 17.9 Å². The minimum Gasteiger partial charge on any atom is -0.400 e. The van der Waals surface area contributed by atoms with Crippen molar-refractivity contribution in [1.29, 1.82) is 0 Å². The molecule has 2 rings (SSSR count). The molecule has 0 aliphatic heterocycles. The molecule has 0 bridgehead atoms. The highest BCUT2D eigenvalue weighted by Gasteiger charge is 2.02. The number of aliphatic hydroxyl groups is 1. The van der Waals surface area contributed by atoms with E-state index in [1.807, 2.05) is 18.3 Å². The van der Waals surface area contributed by atoms with E-state index >= 15 is 0 Å². The molecule has 4 nitrogen and oxygen atoms in total. The molecule has 0 fully saturated rings. The molecule has 0 atom stereocenters. The molecule has 0 radical (unpaired) electrons. The second-order valence-corrected chi connectivity index (χ2v) is 3.59. The zero-order chi connectivity index (χ0) is 12.7. The van der Waals surface area contributed by atoms with Crippen LogP contribution >= 0.6 is 0 Å². The fraction of sp³-hybridized carbons (Fsp3) is 0.308. The van der Waals surface area contributed by atoms with Crippen molar-refractivity contribution in [3.8, 4) is 0 Å². The number of H-pyrrole nitrogens is 1. The molecular formula is C13H18N2O2. The van der Waals surface area contributed by atoms with Crippen molar-refractivity contribution < 1.29 is 9.90 Å². The van der Waals surface area contributed by atoms with Gasteiger partial charge in [-0.1, -0.05) is 18.2 Å². The summed E-state index contributed by atoms with van der Waals surface area (Å²) in [7, 11) is 1.00. The van der Waals surface area contributed by atoms with Crippen LogP contribution in [0.5, 0.6) is 0 Å². The van der Waals surface area contributed by atoms with Crippen LogP contribution in [-0.2, 0) is 11.2 Å². The fourth-order valence-corrected chi connectivity index (χ4v) is 1.71. The highest BCUT2D eigenvalue weighted by Crippen LogP contribution is 2.17. The van der Waals surface area contributed by atoms with Gasteiger partial charge in [-0.25, -0.2) is 0 Å². The molecule has 0 unspecified atom stereocenters. The number of hydrogen-bond acceptors (Lipinski definition) is 2. The molecule has 1 aromatic carbocycles. The van der Waals surface area contributed by atoms with Crippen molar-refractivity contribution >= 4 is 16.8 Å². The normalized spacial score (nSPS) is 9.59. The Morgan fingerprint density at radius 3 is 2.76 bits per heavy atom. The molecule has 17 heavy (non-hydrogen) atoms. The van der Waals surface area contributed by atoms with Crippen LogP contribution in [0.15, 0.2) is 30.5 Å². The van der Waals surface area contributed by atoms with Crippen molar-refractivity contribution in [2.45, 2.75) is 13.3 Å². The average molecular weight is 234 g/mol. The van der Waals surface area contributed by atoms with Gasteiger partial charge in [0.05, 0.1) is 0 Å². The summed E-state index contributed by atoms with van der Waals surface area (Å²) in [5.74, 6) is 0.0230. The Kier molecular flexibility index (Phi) is 5.23. The zero-order valence-corrected chi connectivity index (χ0v) is 10.2. The third-order valence-electron chi connectivity index (χ3n) is 2.44. The molecule has 0 saturated carbocycles. The summed E-state index contributed by atoms with van der Waals surface area (Å²) in [6, 6.07) is 8.18. The van der Waals surface area contributed by atoms with Gasteiger partial charge in [0.2, 0.25) is 5.91 Å². The first-order chi connectivity index (χ1) is 8.27. The van der Waals surface area contributed by atoms with E-state index in [-0.39, 0.29) is 5.91 Å². The first-order valence-electron chi connectivity index (χ1n) is 5.51. The van der Waals surface area contributed by atoms with Gasteiger partial charge in [-0.05, 0) is 18.1 Å². The summed E-state index contributed by atoms with van der Waals surface area (Å²) >= 11 is 0. The maximum atomic E-state index is 10.7. The Hall–Kier alpha value is -1.81. The predicted molar refractivity (Wildman–Crippen MR) is 68.8 cm³/mol. The lowest BCUT2D eigenvalue weighted by Crippen LogP contribution is -2.22. The van der Waals surface area contributed by atoms with Crippen molar-refractivity contribution in [2.24, 2.45) is 0 Å². The minimum absolute atomic E-state index is 0.0230. The number of aromatic nitrogens is 1. The van der Waals surface area contributed by atoms with E-state index in [0.717, 1.165) is 19.0 Å². The molecule has 0 aliphatic carbocycles. The average Bonchev–Trinajstić information content (AvgIpc) is 2.75. The van der Waals surface area contributed by atoms with Gasteiger partial charge < -0.3 is 15.4 Å². The van der Waals surface area contributed by atoms with E-state index in [2.05, 4.69) is 22.4 Å². The number of fused-ring (bicyclic) bond motifs is 1. The molecule has 3 N–H and O–H groups in total. The van der Waals surface area contributed by atoms with E-state index in [9.17, 15) is 4.79 Å². The van der Waals surface area contributed by atoms with Gasteiger partial charge in [0.25, 0.3) is 0 Å². The second kappa shape index (κ2) is 6.70. The third kappa shape index (κ3) is 3.60. The highest BCUT2D eigenvalue weighted by atomic mass is 16.2. The first-order valence-corrected chi connectivity index (χ1v) is 5.51. The number of carbonyl (C=O) groups is 1. The Morgan fingerprint density at radius 1 is 1.35 bits per heavy atom. The summed E-state index contributed by atoms with van der Waals surface area (Å²) in [5.41, 5.74) is 2.40. The molecule has 0 aliphatic rings. The summed E-state index contributed by atoms with van der Waals surface area (Å²) < 4.78 is 0. The van der Waals surface area contributed by atoms with Gasteiger partial charge in [-0.3, -0.25) is 4.79 Å².